The van der Waals surface area contributed by atoms with Crippen LogP contribution in [0.25, 0.3) is 32.3 Å². The molecule has 0 unspecified atom stereocenters. The first kappa shape index (κ1) is 13.0. The van der Waals surface area contributed by atoms with Crippen LogP contribution in [0.15, 0.2) is 60.7 Å². The summed E-state index contributed by atoms with van der Waals surface area (Å²) in [7, 11) is 3.35. The zero-order chi connectivity index (χ0) is 15.1. The largest absolute Gasteiger partial charge is 0.493 e. The SMILES string of the molecule is COc1ccc2cc3ccc4ccccc4c3cc2c1OC. The number of hydrogen-bond donors (Lipinski definition) is 0. The summed E-state index contributed by atoms with van der Waals surface area (Å²) in [4.78, 5) is 0. The molecule has 0 saturated heterocycles. The molecule has 0 atom stereocenters. The van der Waals surface area contributed by atoms with E-state index in [0.29, 0.717) is 0 Å². The van der Waals surface area contributed by atoms with Gasteiger partial charge in [-0.15, -0.1) is 0 Å². The molecule has 4 aromatic carbocycles. The Morgan fingerprint density at radius 1 is 0.591 bits per heavy atom. The first-order valence-electron chi connectivity index (χ1n) is 7.28. The van der Waals surface area contributed by atoms with Gasteiger partial charge in [0.2, 0.25) is 0 Å². The van der Waals surface area contributed by atoms with E-state index in [0.717, 1.165) is 22.3 Å². The number of benzene rings is 4. The van der Waals surface area contributed by atoms with E-state index in [1.54, 1.807) is 14.2 Å². The van der Waals surface area contributed by atoms with Gasteiger partial charge in [-0.2, -0.15) is 0 Å². The number of methoxy groups -OCH3 is 2. The molecule has 4 rings (SSSR count). The fourth-order valence-corrected chi connectivity index (χ4v) is 3.15. The van der Waals surface area contributed by atoms with Crippen LogP contribution in [0.1, 0.15) is 0 Å². The average molecular weight is 288 g/mol. The highest BCUT2D eigenvalue weighted by atomic mass is 16.5. The van der Waals surface area contributed by atoms with Crippen molar-refractivity contribution in [2.75, 3.05) is 14.2 Å². The molecule has 0 aliphatic rings. The van der Waals surface area contributed by atoms with Crippen LogP contribution in [0, 0.1) is 0 Å². The Morgan fingerprint density at radius 2 is 1.32 bits per heavy atom. The van der Waals surface area contributed by atoms with Gasteiger partial charge < -0.3 is 9.47 Å². The summed E-state index contributed by atoms with van der Waals surface area (Å²) in [5.41, 5.74) is 0. The van der Waals surface area contributed by atoms with E-state index >= 15 is 0 Å². The summed E-state index contributed by atoms with van der Waals surface area (Å²) in [6.07, 6.45) is 0. The molecule has 2 nitrogen and oxygen atoms in total. The topological polar surface area (TPSA) is 18.5 Å². The molecular weight excluding hydrogens is 272 g/mol. The van der Waals surface area contributed by atoms with Crippen LogP contribution in [0.2, 0.25) is 0 Å². The maximum absolute atomic E-state index is 5.59. The average Bonchev–Trinajstić information content (AvgIpc) is 2.58. The summed E-state index contributed by atoms with van der Waals surface area (Å²) in [6, 6.07) is 21.2. The molecule has 22 heavy (non-hydrogen) atoms. The van der Waals surface area contributed by atoms with E-state index in [1.807, 2.05) is 6.07 Å². The lowest BCUT2D eigenvalue weighted by molar-refractivity contribution is 0.358. The van der Waals surface area contributed by atoms with Gasteiger partial charge in [-0.1, -0.05) is 42.5 Å². The van der Waals surface area contributed by atoms with Crippen molar-refractivity contribution >= 4 is 32.3 Å². The van der Waals surface area contributed by atoms with Crippen molar-refractivity contribution in [3.05, 3.63) is 60.7 Å². The third kappa shape index (κ3) is 1.81. The Morgan fingerprint density at radius 3 is 2.14 bits per heavy atom. The Labute approximate surface area is 128 Å². The van der Waals surface area contributed by atoms with Gasteiger partial charge in [-0.3, -0.25) is 0 Å². The molecule has 0 N–H and O–H groups in total. The van der Waals surface area contributed by atoms with Crippen molar-refractivity contribution < 1.29 is 9.47 Å². The monoisotopic (exact) mass is 288 g/mol. The first-order valence-corrected chi connectivity index (χ1v) is 7.28. The van der Waals surface area contributed by atoms with Gasteiger partial charge in [0, 0.05) is 5.39 Å². The zero-order valence-electron chi connectivity index (χ0n) is 12.6. The van der Waals surface area contributed by atoms with Crippen molar-refractivity contribution in [3.63, 3.8) is 0 Å². The lowest BCUT2D eigenvalue weighted by atomic mass is 9.98. The Bertz CT molecular complexity index is 1000. The molecule has 0 radical (unpaired) electrons. The molecule has 0 aromatic heterocycles. The second-order valence-electron chi connectivity index (χ2n) is 5.38. The van der Waals surface area contributed by atoms with Crippen molar-refractivity contribution in [2.45, 2.75) is 0 Å². The molecule has 0 saturated carbocycles. The van der Waals surface area contributed by atoms with E-state index in [2.05, 4.69) is 54.6 Å². The van der Waals surface area contributed by atoms with Crippen molar-refractivity contribution in [1.82, 2.24) is 0 Å². The molecule has 0 aliphatic heterocycles. The van der Waals surface area contributed by atoms with Gasteiger partial charge in [0.15, 0.2) is 11.5 Å². The maximum atomic E-state index is 5.59. The van der Waals surface area contributed by atoms with Crippen LogP contribution in [0.4, 0.5) is 0 Å². The van der Waals surface area contributed by atoms with E-state index in [-0.39, 0.29) is 0 Å². The van der Waals surface area contributed by atoms with Gasteiger partial charge in [0.05, 0.1) is 14.2 Å². The minimum Gasteiger partial charge on any atom is -0.493 e. The Balaban J connectivity index is 2.19. The van der Waals surface area contributed by atoms with Gasteiger partial charge >= 0.3 is 0 Å². The third-order valence-electron chi connectivity index (χ3n) is 4.22. The zero-order valence-corrected chi connectivity index (χ0v) is 12.6. The Kier molecular flexibility index (Phi) is 2.90. The van der Waals surface area contributed by atoms with Crippen LogP contribution in [-0.4, -0.2) is 14.2 Å². The second kappa shape index (κ2) is 4.92. The summed E-state index contributed by atoms with van der Waals surface area (Å²) in [6.45, 7) is 0. The predicted molar refractivity (Wildman–Crippen MR) is 92.1 cm³/mol. The molecule has 2 heteroatoms. The molecule has 0 amide bonds. The summed E-state index contributed by atoms with van der Waals surface area (Å²) >= 11 is 0. The lowest BCUT2D eigenvalue weighted by Gasteiger charge is -2.12. The molecule has 108 valence electrons. The summed E-state index contributed by atoms with van der Waals surface area (Å²) in [5, 5.41) is 7.20. The standard InChI is InChI=1S/C20H16O2/c1-21-19-10-9-15-11-14-8-7-13-5-3-4-6-16(13)17(14)12-18(15)20(19)22-2/h3-12H,1-2H3. The van der Waals surface area contributed by atoms with E-state index < -0.39 is 0 Å². The normalized spacial score (nSPS) is 11.2. The molecule has 0 bridgehead atoms. The molecule has 0 heterocycles. The molecule has 0 aliphatic carbocycles. The van der Waals surface area contributed by atoms with E-state index in [9.17, 15) is 0 Å². The summed E-state index contributed by atoms with van der Waals surface area (Å²) in [5.74, 6) is 1.55. The fourth-order valence-electron chi connectivity index (χ4n) is 3.15. The van der Waals surface area contributed by atoms with Crippen LogP contribution < -0.4 is 9.47 Å². The van der Waals surface area contributed by atoms with Crippen LogP contribution >= 0.6 is 0 Å². The van der Waals surface area contributed by atoms with Gasteiger partial charge in [0.1, 0.15) is 0 Å². The van der Waals surface area contributed by atoms with Gasteiger partial charge in [0.25, 0.3) is 0 Å². The molecule has 0 fully saturated rings. The Hall–Kier alpha value is -2.74. The van der Waals surface area contributed by atoms with Crippen LogP contribution in [0.5, 0.6) is 11.5 Å². The fraction of sp³-hybridized carbons (Fsp3) is 0.100. The van der Waals surface area contributed by atoms with Gasteiger partial charge in [-0.25, -0.2) is 0 Å². The van der Waals surface area contributed by atoms with Crippen molar-refractivity contribution in [3.8, 4) is 11.5 Å². The predicted octanol–water partition coefficient (Wildman–Crippen LogP) is 5.16. The highest BCUT2D eigenvalue weighted by molar-refractivity contribution is 6.13. The quantitative estimate of drug-likeness (QED) is 0.374. The number of rotatable bonds is 2. The molecular formula is C20H16O2. The number of fused-ring (bicyclic) bond motifs is 4. The number of ether oxygens (including phenoxy) is 2. The maximum Gasteiger partial charge on any atom is 0.168 e. The minimum absolute atomic E-state index is 0.759. The summed E-state index contributed by atoms with van der Waals surface area (Å²) < 4.78 is 11.0. The van der Waals surface area contributed by atoms with Crippen molar-refractivity contribution in [2.24, 2.45) is 0 Å². The van der Waals surface area contributed by atoms with Gasteiger partial charge in [-0.05, 0) is 45.1 Å². The highest BCUT2D eigenvalue weighted by Gasteiger charge is 2.10. The van der Waals surface area contributed by atoms with Crippen LogP contribution in [-0.2, 0) is 0 Å². The number of hydrogen-bond acceptors (Lipinski definition) is 2. The smallest absolute Gasteiger partial charge is 0.168 e. The lowest BCUT2D eigenvalue weighted by Crippen LogP contribution is -1.91. The van der Waals surface area contributed by atoms with Crippen molar-refractivity contribution in [1.29, 1.82) is 0 Å². The second-order valence-corrected chi connectivity index (χ2v) is 5.38. The highest BCUT2D eigenvalue weighted by Crippen LogP contribution is 2.38. The minimum atomic E-state index is 0.759. The molecule has 0 spiro atoms. The van der Waals surface area contributed by atoms with Crippen LogP contribution in [0.3, 0.4) is 0 Å². The third-order valence-corrected chi connectivity index (χ3v) is 4.22. The van der Waals surface area contributed by atoms with E-state index in [1.165, 1.54) is 21.5 Å². The molecule has 4 aromatic rings. The van der Waals surface area contributed by atoms with E-state index in [4.69, 9.17) is 9.47 Å². The first-order chi connectivity index (χ1) is 10.8.